The van der Waals surface area contributed by atoms with Crippen molar-refractivity contribution in [1.82, 2.24) is 4.98 Å². The monoisotopic (exact) mass is 218 g/mol. The molecule has 0 aliphatic carbocycles. The van der Waals surface area contributed by atoms with Gasteiger partial charge in [0, 0.05) is 5.56 Å². The topological polar surface area (TPSA) is 36.7 Å². The molecule has 0 saturated heterocycles. The first-order chi connectivity index (χ1) is 7.20. The molecule has 15 heavy (non-hydrogen) atoms. The van der Waals surface area contributed by atoms with Crippen molar-refractivity contribution >= 4 is 11.3 Å². The fraction of sp³-hybridized carbons (Fsp3) is 0.0909. The van der Waals surface area contributed by atoms with Gasteiger partial charge in [0.2, 0.25) is 0 Å². The Labute approximate surface area is 90.6 Å². The van der Waals surface area contributed by atoms with E-state index in [0.717, 1.165) is 16.3 Å². The van der Waals surface area contributed by atoms with Crippen molar-refractivity contribution in [2.45, 2.75) is 6.92 Å². The van der Waals surface area contributed by atoms with Crippen LogP contribution in [0.5, 0.6) is 0 Å². The van der Waals surface area contributed by atoms with Crippen LogP contribution in [0.3, 0.4) is 0 Å². The Morgan fingerprint density at radius 3 is 2.53 bits per heavy atom. The Morgan fingerprint density at radius 2 is 2.00 bits per heavy atom. The van der Waals surface area contributed by atoms with Crippen molar-refractivity contribution < 1.29 is 4.39 Å². The number of thiazole rings is 1. The number of hydrogen-bond donors (Lipinski definition) is 0. The van der Waals surface area contributed by atoms with E-state index in [2.05, 4.69) is 11.1 Å². The third-order valence-corrected chi connectivity index (χ3v) is 3.10. The summed E-state index contributed by atoms with van der Waals surface area (Å²) in [6, 6.07) is 8.18. The molecule has 1 aromatic heterocycles. The average molecular weight is 218 g/mol. The van der Waals surface area contributed by atoms with Gasteiger partial charge in [-0.2, -0.15) is 5.26 Å². The van der Waals surface area contributed by atoms with E-state index in [-0.39, 0.29) is 5.82 Å². The lowest BCUT2D eigenvalue weighted by atomic mass is 10.2. The molecule has 0 amide bonds. The van der Waals surface area contributed by atoms with E-state index in [1.165, 1.54) is 23.5 Å². The average Bonchev–Trinajstić information content (AvgIpc) is 2.61. The summed E-state index contributed by atoms with van der Waals surface area (Å²) in [5.41, 5.74) is 1.56. The highest BCUT2D eigenvalue weighted by Gasteiger charge is 2.08. The van der Waals surface area contributed by atoms with Crippen molar-refractivity contribution in [3.05, 3.63) is 40.7 Å². The van der Waals surface area contributed by atoms with E-state index in [4.69, 9.17) is 5.26 Å². The smallest absolute Gasteiger partial charge is 0.128 e. The van der Waals surface area contributed by atoms with Gasteiger partial charge in [0.15, 0.2) is 0 Å². The van der Waals surface area contributed by atoms with Crippen LogP contribution in [0, 0.1) is 24.1 Å². The largest absolute Gasteiger partial charge is 0.240 e. The van der Waals surface area contributed by atoms with E-state index in [1.807, 2.05) is 0 Å². The molecule has 0 radical (unpaired) electrons. The lowest BCUT2D eigenvalue weighted by Gasteiger charge is -1.94. The Morgan fingerprint density at radius 1 is 1.33 bits per heavy atom. The molecule has 2 nitrogen and oxygen atoms in total. The second kappa shape index (κ2) is 3.79. The highest BCUT2D eigenvalue weighted by atomic mass is 32.1. The minimum absolute atomic E-state index is 0.271. The molecule has 0 bridgehead atoms. The number of rotatable bonds is 1. The van der Waals surface area contributed by atoms with E-state index in [9.17, 15) is 4.39 Å². The first kappa shape index (κ1) is 9.81. The number of nitrogens with zero attached hydrogens (tertiary/aromatic N) is 2. The summed E-state index contributed by atoms with van der Waals surface area (Å²) in [6.07, 6.45) is 0. The molecule has 0 aliphatic rings. The summed E-state index contributed by atoms with van der Waals surface area (Å²) >= 11 is 1.32. The Kier molecular flexibility index (Phi) is 2.48. The van der Waals surface area contributed by atoms with E-state index >= 15 is 0 Å². The molecule has 0 atom stereocenters. The highest BCUT2D eigenvalue weighted by molar-refractivity contribution is 7.15. The minimum Gasteiger partial charge on any atom is -0.240 e. The van der Waals surface area contributed by atoms with Crippen molar-refractivity contribution in [1.29, 1.82) is 5.26 Å². The maximum atomic E-state index is 12.7. The maximum absolute atomic E-state index is 12.7. The van der Waals surface area contributed by atoms with Gasteiger partial charge in [-0.1, -0.05) is 0 Å². The molecule has 0 saturated carbocycles. The van der Waals surface area contributed by atoms with Crippen LogP contribution in [-0.2, 0) is 0 Å². The maximum Gasteiger partial charge on any atom is 0.128 e. The van der Waals surface area contributed by atoms with Gasteiger partial charge in [-0.3, -0.25) is 0 Å². The number of nitriles is 1. The molecule has 2 rings (SSSR count). The minimum atomic E-state index is -0.271. The zero-order chi connectivity index (χ0) is 10.8. The van der Waals surface area contributed by atoms with E-state index < -0.39 is 0 Å². The Balaban J connectivity index is 2.46. The van der Waals surface area contributed by atoms with Crippen molar-refractivity contribution in [2.75, 3.05) is 0 Å². The molecule has 0 unspecified atom stereocenters. The van der Waals surface area contributed by atoms with Gasteiger partial charge in [0.05, 0.1) is 5.69 Å². The Hall–Kier alpha value is -1.73. The number of halogens is 1. The quantitative estimate of drug-likeness (QED) is 0.737. The van der Waals surface area contributed by atoms with Gasteiger partial charge >= 0.3 is 0 Å². The van der Waals surface area contributed by atoms with Gasteiger partial charge in [-0.15, -0.1) is 11.3 Å². The van der Waals surface area contributed by atoms with Crippen LogP contribution < -0.4 is 0 Å². The number of benzene rings is 1. The molecule has 1 heterocycles. The predicted octanol–water partition coefficient (Wildman–Crippen LogP) is 3.13. The third kappa shape index (κ3) is 1.88. The summed E-state index contributed by atoms with van der Waals surface area (Å²) in [5, 5.41) is 9.54. The molecule has 0 fully saturated rings. The van der Waals surface area contributed by atoms with Crippen molar-refractivity contribution in [3.8, 4) is 16.6 Å². The summed E-state index contributed by atoms with van der Waals surface area (Å²) < 4.78 is 12.7. The van der Waals surface area contributed by atoms with E-state index in [1.54, 1.807) is 19.1 Å². The van der Waals surface area contributed by atoms with Crippen LogP contribution in [0.4, 0.5) is 4.39 Å². The fourth-order valence-corrected chi connectivity index (χ4v) is 2.08. The summed E-state index contributed by atoms with van der Waals surface area (Å²) in [6.45, 7) is 1.79. The molecule has 2 aromatic rings. The first-order valence-corrected chi connectivity index (χ1v) is 5.16. The Bertz CT molecular complexity index is 523. The van der Waals surface area contributed by atoms with Crippen molar-refractivity contribution in [2.24, 2.45) is 0 Å². The highest BCUT2D eigenvalue weighted by Crippen LogP contribution is 2.27. The van der Waals surface area contributed by atoms with Gasteiger partial charge in [0.1, 0.15) is 21.8 Å². The van der Waals surface area contributed by atoms with Crippen LogP contribution in [0.1, 0.15) is 10.6 Å². The molecule has 4 heteroatoms. The fourth-order valence-electron chi connectivity index (χ4n) is 1.22. The normalized spacial score (nSPS) is 9.93. The first-order valence-electron chi connectivity index (χ1n) is 4.34. The van der Waals surface area contributed by atoms with Gasteiger partial charge in [0.25, 0.3) is 0 Å². The number of hydrogen-bond acceptors (Lipinski definition) is 3. The number of aromatic nitrogens is 1. The molecule has 0 aliphatic heterocycles. The van der Waals surface area contributed by atoms with Crippen LogP contribution in [0.2, 0.25) is 0 Å². The van der Waals surface area contributed by atoms with Gasteiger partial charge < -0.3 is 0 Å². The van der Waals surface area contributed by atoms with E-state index in [0.29, 0.717) is 4.88 Å². The molecule has 74 valence electrons. The molecule has 1 aromatic carbocycles. The standard InChI is InChI=1S/C11H7FN2S/c1-7-10(6-13)15-11(14-7)8-2-4-9(12)5-3-8/h2-5H,1H3. The zero-order valence-corrected chi connectivity index (χ0v) is 8.81. The molecule has 0 N–H and O–H groups in total. The second-order valence-electron chi connectivity index (χ2n) is 3.05. The SMILES string of the molecule is Cc1nc(-c2ccc(F)cc2)sc1C#N. The molecular formula is C11H7FN2S. The predicted molar refractivity (Wildman–Crippen MR) is 57.0 cm³/mol. The van der Waals surface area contributed by atoms with Crippen LogP contribution in [0.25, 0.3) is 10.6 Å². The lowest BCUT2D eigenvalue weighted by molar-refractivity contribution is 0.628. The molecule has 0 spiro atoms. The summed E-state index contributed by atoms with van der Waals surface area (Å²) in [7, 11) is 0. The van der Waals surface area contributed by atoms with Crippen LogP contribution in [0.15, 0.2) is 24.3 Å². The number of aryl methyl sites for hydroxylation is 1. The van der Waals surface area contributed by atoms with Gasteiger partial charge in [-0.05, 0) is 31.2 Å². The summed E-state index contributed by atoms with van der Waals surface area (Å²) in [4.78, 5) is 4.86. The second-order valence-corrected chi connectivity index (χ2v) is 4.05. The van der Waals surface area contributed by atoms with Crippen LogP contribution in [-0.4, -0.2) is 4.98 Å². The van der Waals surface area contributed by atoms with Crippen molar-refractivity contribution in [3.63, 3.8) is 0 Å². The zero-order valence-electron chi connectivity index (χ0n) is 7.99. The summed E-state index contributed by atoms with van der Waals surface area (Å²) in [5.74, 6) is -0.271. The third-order valence-electron chi connectivity index (χ3n) is 1.99. The lowest BCUT2D eigenvalue weighted by Crippen LogP contribution is -1.78. The van der Waals surface area contributed by atoms with Gasteiger partial charge in [-0.25, -0.2) is 9.37 Å². The molecular weight excluding hydrogens is 211 g/mol. The van der Waals surface area contributed by atoms with Crippen LogP contribution >= 0.6 is 11.3 Å².